The zero-order valence-electron chi connectivity index (χ0n) is 12.4. The third-order valence-corrected chi connectivity index (χ3v) is 2.70. The van der Waals surface area contributed by atoms with Crippen molar-refractivity contribution < 1.29 is 19.1 Å². The van der Waals surface area contributed by atoms with E-state index in [-0.39, 0.29) is 11.1 Å². The highest BCUT2D eigenvalue weighted by Gasteiger charge is 2.36. The summed E-state index contributed by atoms with van der Waals surface area (Å²) in [6, 6.07) is 0. The molecule has 0 rings (SSSR count). The Morgan fingerprint density at radius 1 is 1.00 bits per heavy atom. The second-order valence-electron chi connectivity index (χ2n) is 4.71. The minimum Gasteiger partial charge on any atom is -0.419 e. The molecule has 0 aromatic heterocycles. The van der Waals surface area contributed by atoms with E-state index in [4.69, 9.17) is 9.47 Å². The van der Waals surface area contributed by atoms with Crippen LogP contribution in [0, 0.1) is 0 Å². The van der Waals surface area contributed by atoms with Crippen molar-refractivity contribution in [3.63, 3.8) is 0 Å². The highest BCUT2D eigenvalue weighted by Crippen LogP contribution is 2.27. The summed E-state index contributed by atoms with van der Waals surface area (Å²) < 4.78 is 10.7. The number of hydrogen-bond acceptors (Lipinski definition) is 4. The lowest BCUT2D eigenvalue weighted by Gasteiger charge is -2.32. The molecule has 108 valence electrons. The van der Waals surface area contributed by atoms with Crippen LogP contribution in [0.3, 0.4) is 0 Å². The van der Waals surface area contributed by atoms with E-state index in [2.05, 4.69) is 13.2 Å². The molecular formula is C15H24O4. The minimum absolute atomic E-state index is 0.278. The van der Waals surface area contributed by atoms with E-state index in [1.54, 1.807) is 13.8 Å². The average Bonchev–Trinajstić information content (AvgIpc) is 2.35. The summed E-state index contributed by atoms with van der Waals surface area (Å²) in [5.41, 5.74) is 0.557. The molecule has 0 aromatic rings. The van der Waals surface area contributed by atoms with E-state index in [0.29, 0.717) is 12.8 Å². The largest absolute Gasteiger partial charge is 0.419 e. The van der Waals surface area contributed by atoms with Crippen molar-refractivity contribution in [1.82, 2.24) is 0 Å². The zero-order chi connectivity index (χ0) is 15.1. The second-order valence-corrected chi connectivity index (χ2v) is 4.71. The Labute approximate surface area is 115 Å². The van der Waals surface area contributed by atoms with E-state index in [1.165, 1.54) is 0 Å². The van der Waals surface area contributed by atoms with Crippen molar-refractivity contribution in [3.05, 3.63) is 24.3 Å². The number of carbonyl (C=O) groups is 2. The van der Waals surface area contributed by atoms with Crippen LogP contribution in [0.5, 0.6) is 0 Å². The summed E-state index contributed by atoms with van der Waals surface area (Å²) >= 11 is 0. The maximum Gasteiger partial charge on any atom is 0.336 e. The molecule has 0 radical (unpaired) electrons. The third-order valence-electron chi connectivity index (χ3n) is 2.70. The van der Waals surface area contributed by atoms with Gasteiger partial charge in [0.05, 0.1) is 0 Å². The van der Waals surface area contributed by atoms with E-state index in [1.807, 2.05) is 13.8 Å². The standard InChI is InChI=1S/C15H24O4/c1-7-9-10-15(8-2,18-13(16)11(3)4)19-14(17)12(5)6/h3,5,7-10H2,1-2,4,6H3. The summed E-state index contributed by atoms with van der Waals surface area (Å²) in [4.78, 5) is 23.4. The van der Waals surface area contributed by atoms with Crippen LogP contribution in [0.1, 0.15) is 53.4 Å². The lowest BCUT2D eigenvalue weighted by atomic mass is 10.1. The molecule has 0 fully saturated rings. The van der Waals surface area contributed by atoms with Crippen LogP contribution in [-0.4, -0.2) is 17.7 Å². The Kier molecular flexibility index (Phi) is 7.12. The van der Waals surface area contributed by atoms with E-state index < -0.39 is 17.7 Å². The molecule has 0 atom stereocenters. The Morgan fingerprint density at radius 3 is 1.68 bits per heavy atom. The number of ether oxygens (including phenoxy) is 2. The Bertz CT molecular complexity index is 340. The van der Waals surface area contributed by atoms with Crippen LogP contribution in [0.4, 0.5) is 0 Å². The van der Waals surface area contributed by atoms with Gasteiger partial charge in [-0.3, -0.25) is 0 Å². The lowest BCUT2D eigenvalue weighted by Crippen LogP contribution is -2.40. The van der Waals surface area contributed by atoms with Gasteiger partial charge in [0, 0.05) is 24.0 Å². The van der Waals surface area contributed by atoms with Crippen molar-refractivity contribution in [2.24, 2.45) is 0 Å². The van der Waals surface area contributed by atoms with Crippen molar-refractivity contribution in [3.8, 4) is 0 Å². The topological polar surface area (TPSA) is 52.6 Å². The minimum atomic E-state index is -1.22. The molecule has 0 aromatic carbocycles. The predicted molar refractivity (Wildman–Crippen MR) is 74.4 cm³/mol. The number of hydrogen-bond donors (Lipinski definition) is 0. The van der Waals surface area contributed by atoms with E-state index in [9.17, 15) is 9.59 Å². The first-order valence-electron chi connectivity index (χ1n) is 6.55. The van der Waals surface area contributed by atoms with Crippen molar-refractivity contribution >= 4 is 11.9 Å². The Balaban J connectivity index is 5.06. The van der Waals surface area contributed by atoms with Gasteiger partial charge in [-0.2, -0.15) is 0 Å². The van der Waals surface area contributed by atoms with Gasteiger partial charge in [0.15, 0.2) is 0 Å². The SMILES string of the molecule is C=C(C)C(=O)OC(CC)(CCCC)OC(=O)C(=C)C. The first-order chi connectivity index (χ1) is 8.78. The normalized spacial score (nSPS) is 10.7. The van der Waals surface area contributed by atoms with Gasteiger partial charge in [-0.15, -0.1) is 0 Å². The van der Waals surface area contributed by atoms with Crippen molar-refractivity contribution in [2.45, 2.75) is 59.2 Å². The zero-order valence-corrected chi connectivity index (χ0v) is 12.4. The van der Waals surface area contributed by atoms with E-state index in [0.717, 1.165) is 12.8 Å². The molecule has 0 saturated carbocycles. The molecule has 0 aliphatic rings. The molecule has 0 aliphatic carbocycles. The highest BCUT2D eigenvalue weighted by atomic mass is 16.7. The van der Waals surface area contributed by atoms with Gasteiger partial charge in [-0.05, 0) is 20.3 Å². The Hall–Kier alpha value is -1.58. The molecule has 19 heavy (non-hydrogen) atoms. The molecule has 0 spiro atoms. The number of rotatable bonds is 8. The average molecular weight is 268 g/mol. The summed E-state index contributed by atoms with van der Waals surface area (Å²) in [6.07, 6.45) is 2.57. The maximum atomic E-state index is 11.7. The van der Waals surface area contributed by atoms with Gasteiger partial charge >= 0.3 is 11.9 Å². The molecule has 0 amide bonds. The van der Waals surface area contributed by atoms with Crippen molar-refractivity contribution in [1.29, 1.82) is 0 Å². The highest BCUT2D eigenvalue weighted by molar-refractivity contribution is 5.89. The summed E-state index contributed by atoms with van der Waals surface area (Å²) in [6.45, 7) is 14.0. The summed E-state index contributed by atoms with van der Waals surface area (Å²) in [5.74, 6) is -2.32. The van der Waals surface area contributed by atoms with E-state index >= 15 is 0 Å². The summed E-state index contributed by atoms with van der Waals surface area (Å²) in [5, 5.41) is 0. The van der Waals surface area contributed by atoms with Crippen molar-refractivity contribution in [2.75, 3.05) is 0 Å². The van der Waals surface area contributed by atoms with Crippen LogP contribution in [0.2, 0.25) is 0 Å². The van der Waals surface area contributed by atoms with Crippen LogP contribution >= 0.6 is 0 Å². The van der Waals surface area contributed by atoms with Gasteiger partial charge in [-0.25, -0.2) is 9.59 Å². The molecule has 0 heterocycles. The van der Waals surface area contributed by atoms with Crippen LogP contribution in [0.15, 0.2) is 24.3 Å². The maximum absolute atomic E-state index is 11.7. The predicted octanol–water partition coefficient (Wildman–Crippen LogP) is 3.52. The quantitative estimate of drug-likeness (QED) is 0.384. The number of unbranched alkanes of at least 4 members (excludes halogenated alkanes) is 1. The molecule has 4 heteroatoms. The smallest absolute Gasteiger partial charge is 0.336 e. The molecule has 0 saturated heterocycles. The summed E-state index contributed by atoms with van der Waals surface area (Å²) in [7, 11) is 0. The fourth-order valence-electron chi connectivity index (χ4n) is 1.40. The molecule has 0 N–H and O–H groups in total. The first kappa shape index (κ1) is 17.4. The molecular weight excluding hydrogens is 244 g/mol. The molecule has 0 aliphatic heterocycles. The molecule has 4 nitrogen and oxygen atoms in total. The van der Waals surface area contributed by atoms with Crippen LogP contribution < -0.4 is 0 Å². The van der Waals surface area contributed by atoms with Gasteiger partial charge in [-0.1, -0.05) is 33.4 Å². The van der Waals surface area contributed by atoms with Gasteiger partial charge in [0.25, 0.3) is 5.79 Å². The first-order valence-corrected chi connectivity index (χ1v) is 6.55. The van der Waals surface area contributed by atoms with Crippen LogP contribution in [-0.2, 0) is 19.1 Å². The number of esters is 2. The monoisotopic (exact) mass is 268 g/mol. The van der Waals surface area contributed by atoms with Crippen LogP contribution in [0.25, 0.3) is 0 Å². The van der Waals surface area contributed by atoms with Gasteiger partial charge < -0.3 is 9.47 Å². The molecule has 0 unspecified atom stereocenters. The second kappa shape index (κ2) is 7.77. The van der Waals surface area contributed by atoms with Gasteiger partial charge in [0.2, 0.25) is 0 Å². The lowest BCUT2D eigenvalue weighted by molar-refractivity contribution is -0.227. The number of carbonyl (C=O) groups excluding carboxylic acids is 2. The fraction of sp³-hybridized carbons (Fsp3) is 0.600. The van der Waals surface area contributed by atoms with Gasteiger partial charge in [0.1, 0.15) is 0 Å². The molecule has 0 bridgehead atoms. The fourth-order valence-corrected chi connectivity index (χ4v) is 1.40. The third kappa shape index (κ3) is 5.73. The Morgan fingerprint density at radius 2 is 1.42 bits per heavy atom.